The summed E-state index contributed by atoms with van der Waals surface area (Å²) in [5.74, 6) is 1.75. The second kappa shape index (κ2) is 9.48. The van der Waals surface area contributed by atoms with Gasteiger partial charge in [0.05, 0.1) is 6.54 Å². The third-order valence-electron chi connectivity index (χ3n) is 5.72. The molecule has 5 rings (SSSR count). The first kappa shape index (κ1) is 21.8. The van der Waals surface area contributed by atoms with Gasteiger partial charge in [0.15, 0.2) is 23.0 Å². The van der Waals surface area contributed by atoms with E-state index in [9.17, 15) is 14.4 Å². The highest BCUT2D eigenvalue weighted by molar-refractivity contribution is 6.01. The number of hydrogen-bond acceptors (Lipinski definition) is 8. The number of carbonyl (C=O) groups is 3. The van der Waals surface area contributed by atoms with Gasteiger partial charge in [-0.25, -0.2) is 4.79 Å². The first-order valence-electron chi connectivity index (χ1n) is 11.0. The molecule has 0 aromatic heterocycles. The Morgan fingerprint density at radius 2 is 1.62 bits per heavy atom. The molecular weight excluding hydrogens is 444 g/mol. The minimum atomic E-state index is -0.690. The number of rotatable bonds is 4. The molecule has 1 saturated heterocycles. The van der Waals surface area contributed by atoms with Gasteiger partial charge in [0, 0.05) is 37.9 Å². The lowest BCUT2D eigenvalue weighted by Crippen LogP contribution is -2.55. The molecule has 11 nitrogen and oxygen atoms in total. The minimum Gasteiger partial charge on any atom is -0.485 e. The maximum absolute atomic E-state index is 12.8. The summed E-state index contributed by atoms with van der Waals surface area (Å²) in [5, 5.41) is 4.92. The van der Waals surface area contributed by atoms with Crippen LogP contribution in [0.1, 0.15) is 0 Å². The predicted molar refractivity (Wildman–Crippen MR) is 119 cm³/mol. The van der Waals surface area contributed by atoms with Crippen molar-refractivity contribution >= 4 is 23.5 Å². The summed E-state index contributed by atoms with van der Waals surface area (Å²) in [6.45, 7) is 2.27. The highest BCUT2D eigenvalue weighted by atomic mass is 16.7. The van der Waals surface area contributed by atoms with Crippen molar-refractivity contribution in [1.29, 1.82) is 0 Å². The molecule has 11 heteroatoms. The molecule has 0 bridgehead atoms. The van der Waals surface area contributed by atoms with Gasteiger partial charge < -0.3 is 29.2 Å². The number of anilines is 1. The maximum Gasteiger partial charge on any atom is 0.325 e. The largest absolute Gasteiger partial charge is 0.485 e. The zero-order valence-electron chi connectivity index (χ0n) is 18.3. The number of imide groups is 1. The number of nitrogens with one attached hydrogen (secondary N) is 2. The van der Waals surface area contributed by atoms with E-state index in [2.05, 4.69) is 10.6 Å². The van der Waals surface area contributed by atoms with Gasteiger partial charge in [0.1, 0.15) is 6.61 Å². The Hall–Kier alpha value is -3.99. The standard InChI is InChI=1S/C23H24N4O7/c28-21(25-23(30)24-15-5-6-17-19(11-15)33-14-32-17)12-26-7-9-27(10-8-26)22(29)20-13-31-16-3-1-2-4-18(16)34-20/h1-6,11,20H,7-10,12-14H2,(H2,24,25,28,30)/t20-/m0/s1. The highest BCUT2D eigenvalue weighted by Gasteiger charge is 2.33. The number of urea groups is 1. The van der Waals surface area contributed by atoms with E-state index in [0.717, 1.165) is 0 Å². The van der Waals surface area contributed by atoms with Crippen molar-refractivity contribution in [2.24, 2.45) is 0 Å². The lowest BCUT2D eigenvalue weighted by molar-refractivity contribution is -0.143. The van der Waals surface area contributed by atoms with Crippen molar-refractivity contribution < 1.29 is 33.3 Å². The van der Waals surface area contributed by atoms with E-state index < -0.39 is 18.0 Å². The average molecular weight is 468 g/mol. The maximum atomic E-state index is 12.8. The summed E-state index contributed by atoms with van der Waals surface area (Å²) in [7, 11) is 0. The van der Waals surface area contributed by atoms with E-state index in [0.29, 0.717) is 54.9 Å². The molecule has 0 saturated carbocycles. The zero-order valence-corrected chi connectivity index (χ0v) is 18.3. The molecule has 1 atom stereocenters. The fourth-order valence-corrected chi connectivity index (χ4v) is 3.98. The number of amides is 4. The van der Waals surface area contributed by atoms with Gasteiger partial charge in [-0.2, -0.15) is 0 Å². The summed E-state index contributed by atoms with van der Waals surface area (Å²) in [6, 6.07) is 11.6. The average Bonchev–Trinajstić information content (AvgIpc) is 3.31. The second-order valence-corrected chi connectivity index (χ2v) is 8.04. The van der Waals surface area contributed by atoms with Crippen molar-refractivity contribution in [2.75, 3.05) is 51.4 Å². The summed E-state index contributed by atoms with van der Waals surface area (Å²) >= 11 is 0. The molecule has 0 aliphatic carbocycles. The minimum absolute atomic E-state index is 0.0486. The fourth-order valence-electron chi connectivity index (χ4n) is 3.98. The fraction of sp³-hybridized carbons (Fsp3) is 0.348. The van der Waals surface area contributed by atoms with Crippen molar-refractivity contribution in [3.8, 4) is 23.0 Å². The van der Waals surface area contributed by atoms with Crippen LogP contribution in [-0.4, -0.2) is 79.9 Å². The lowest BCUT2D eigenvalue weighted by Gasteiger charge is -2.36. The Balaban J connectivity index is 1.05. The van der Waals surface area contributed by atoms with Crippen LogP contribution < -0.4 is 29.6 Å². The molecule has 4 amide bonds. The van der Waals surface area contributed by atoms with Crippen molar-refractivity contribution in [3.05, 3.63) is 42.5 Å². The predicted octanol–water partition coefficient (Wildman–Crippen LogP) is 1.05. The molecule has 178 valence electrons. The molecule has 0 spiro atoms. The van der Waals surface area contributed by atoms with Gasteiger partial charge in [-0.05, 0) is 24.3 Å². The summed E-state index contributed by atoms with van der Waals surface area (Å²) in [6.07, 6.45) is -0.690. The number of hydrogen-bond donors (Lipinski definition) is 2. The van der Waals surface area contributed by atoms with Crippen LogP contribution in [0.15, 0.2) is 42.5 Å². The molecule has 34 heavy (non-hydrogen) atoms. The molecule has 0 unspecified atom stereocenters. The number of benzene rings is 2. The summed E-state index contributed by atoms with van der Waals surface area (Å²) < 4.78 is 21.9. The van der Waals surface area contributed by atoms with Gasteiger partial charge in [0.2, 0.25) is 18.8 Å². The third-order valence-corrected chi connectivity index (χ3v) is 5.72. The van der Waals surface area contributed by atoms with Crippen molar-refractivity contribution in [3.63, 3.8) is 0 Å². The van der Waals surface area contributed by atoms with Crippen molar-refractivity contribution in [2.45, 2.75) is 6.10 Å². The molecule has 2 aromatic rings. The molecule has 3 aliphatic heterocycles. The number of para-hydroxylation sites is 2. The van der Waals surface area contributed by atoms with E-state index in [4.69, 9.17) is 18.9 Å². The van der Waals surface area contributed by atoms with Crippen LogP contribution in [0, 0.1) is 0 Å². The van der Waals surface area contributed by atoms with Gasteiger partial charge >= 0.3 is 6.03 Å². The van der Waals surface area contributed by atoms with Gasteiger partial charge in [-0.3, -0.25) is 19.8 Å². The third kappa shape index (κ3) is 4.84. The molecule has 3 aliphatic rings. The SMILES string of the molecule is O=C(CN1CCN(C(=O)[C@@H]2COc3ccccc3O2)CC1)NC(=O)Nc1ccc2c(c1)OCO2. The van der Waals surface area contributed by atoms with Gasteiger partial charge in [0.25, 0.3) is 5.91 Å². The summed E-state index contributed by atoms with van der Waals surface area (Å²) in [5.41, 5.74) is 0.484. The Morgan fingerprint density at radius 3 is 2.44 bits per heavy atom. The van der Waals surface area contributed by atoms with E-state index >= 15 is 0 Å². The molecule has 2 aromatic carbocycles. The van der Waals surface area contributed by atoms with Gasteiger partial charge in [-0.15, -0.1) is 0 Å². The van der Waals surface area contributed by atoms with Crippen LogP contribution in [-0.2, 0) is 9.59 Å². The first-order valence-corrected chi connectivity index (χ1v) is 11.0. The van der Waals surface area contributed by atoms with Crippen molar-refractivity contribution in [1.82, 2.24) is 15.1 Å². The first-order chi connectivity index (χ1) is 16.5. The number of nitrogens with zero attached hydrogens (tertiary/aromatic N) is 2. The highest BCUT2D eigenvalue weighted by Crippen LogP contribution is 2.34. The molecule has 0 radical (unpaired) electrons. The lowest BCUT2D eigenvalue weighted by atomic mass is 10.2. The smallest absolute Gasteiger partial charge is 0.325 e. The molecular formula is C23H24N4O7. The van der Waals surface area contributed by atoms with Crippen LogP contribution in [0.2, 0.25) is 0 Å². The Labute approximate surface area is 195 Å². The van der Waals surface area contributed by atoms with Crippen LogP contribution in [0.3, 0.4) is 0 Å². The molecule has 3 heterocycles. The quantitative estimate of drug-likeness (QED) is 0.684. The van der Waals surface area contributed by atoms with Crippen LogP contribution in [0.25, 0.3) is 0 Å². The Bertz CT molecular complexity index is 1100. The van der Waals surface area contributed by atoms with E-state index in [1.165, 1.54) is 0 Å². The number of fused-ring (bicyclic) bond motifs is 2. The van der Waals surface area contributed by atoms with Crippen LogP contribution >= 0.6 is 0 Å². The molecule has 1 fully saturated rings. The van der Waals surface area contributed by atoms with Gasteiger partial charge in [-0.1, -0.05) is 12.1 Å². The summed E-state index contributed by atoms with van der Waals surface area (Å²) in [4.78, 5) is 40.9. The Kier molecular flexibility index (Phi) is 6.09. The topological polar surface area (TPSA) is 119 Å². The Morgan fingerprint density at radius 1 is 0.882 bits per heavy atom. The second-order valence-electron chi connectivity index (χ2n) is 8.04. The van der Waals surface area contributed by atoms with E-state index in [1.54, 1.807) is 35.2 Å². The van der Waals surface area contributed by atoms with E-state index in [-0.39, 0.29) is 25.9 Å². The zero-order chi connectivity index (χ0) is 23.5. The van der Waals surface area contributed by atoms with Crippen LogP contribution in [0.4, 0.5) is 10.5 Å². The van der Waals surface area contributed by atoms with Crippen LogP contribution in [0.5, 0.6) is 23.0 Å². The normalized spacial score (nSPS) is 18.8. The number of ether oxygens (including phenoxy) is 4. The number of carbonyl (C=O) groups excluding carboxylic acids is 3. The van der Waals surface area contributed by atoms with E-state index in [1.807, 2.05) is 17.0 Å². The molecule has 2 N–H and O–H groups in total. The monoisotopic (exact) mass is 468 g/mol. The number of piperazine rings is 1.